The predicted octanol–water partition coefficient (Wildman–Crippen LogP) is 3.51. The Labute approximate surface area is 192 Å². The van der Waals surface area contributed by atoms with Crippen LogP contribution in [0.4, 0.5) is 11.6 Å². The van der Waals surface area contributed by atoms with E-state index in [0.717, 1.165) is 37.3 Å². The summed E-state index contributed by atoms with van der Waals surface area (Å²) >= 11 is 0. The number of piperidine rings is 1. The average molecular weight is 440 g/mol. The third-order valence-corrected chi connectivity index (χ3v) is 5.92. The molecule has 4 heterocycles. The summed E-state index contributed by atoms with van der Waals surface area (Å²) in [5, 5.41) is 12.8. The normalized spacial score (nSPS) is 14.2. The van der Waals surface area contributed by atoms with Gasteiger partial charge < -0.3 is 4.90 Å². The van der Waals surface area contributed by atoms with Crippen molar-refractivity contribution in [2.24, 2.45) is 5.92 Å². The van der Waals surface area contributed by atoms with Crippen LogP contribution in [0.1, 0.15) is 18.4 Å². The lowest BCUT2D eigenvalue weighted by atomic mass is 9.95. The molecule has 0 unspecified atom stereocenters. The van der Waals surface area contributed by atoms with Crippen molar-refractivity contribution in [2.75, 3.05) is 22.9 Å². The quantitative estimate of drug-likeness (QED) is 0.457. The van der Waals surface area contributed by atoms with Crippen LogP contribution in [0.25, 0.3) is 5.82 Å². The summed E-state index contributed by atoms with van der Waals surface area (Å²) in [5.41, 5.74) is 1.08. The number of carbonyl (C=O) groups excluding carboxylic acids is 1. The summed E-state index contributed by atoms with van der Waals surface area (Å²) in [7, 11) is 0. The van der Waals surface area contributed by atoms with Gasteiger partial charge in [0.05, 0.1) is 6.54 Å². The van der Waals surface area contributed by atoms with Gasteiger partial charge in [-0.1, -0.05) is 36.4 Å². The minimum absolute atomic E-state index is 0.0525. The first-order valence-electron chi connectivity index (χ1n) is 11.1. The Morgan fingerprint density at radius 2 is 1.64 bits per heavy atom. The van der Waals surface area contributed by atoms with Gasteiger partial charge in [-0.2, -0.15) is 5.10 Å². The van der Waals surface area contributed by atoms with E-state index in [-0.39, 0.29) is 11.8 Å². The van der Waals surface area contributed by atoms with Crippen molar-refractivity contribution in [3.8, 4) is 5.82 Å². The van der Waals surface area contributed by atoms with Gasteiger partial charge in [0.2, 0.25) is 5.91 Å². The summed E-state index contributed by atoms with van der Waals surface area (Å²) in [6.07, 6.45) is 6.81. The molecule has 1 saturated heterocycles. The zero-order valence-electron chi connectivity index (χ0n) is 18.2. The van der Waals surface area contributed by atoms with E-state index in [1.54, 1.807) is 17.1 Å². The molecule has 8 nitrogen and oxygen atoms in total. The van der Waals surface area contributed by atoms with Crippen LogP contribution in [0.2, 0.25) is 0 Å². The SMILES string of the molecule is O=C(C1CCN(c2ccc(-n3cccn3)nn2)CC1)N(Cc1ccccc1)c1ccccn1. The van der Waals surface area contributed by atoms with Crippen LogP contribution >= 0.6 is 0 Å². The van der Waals surface area contributed by atoms with Crippen LogP contribution < -0.4 is 9.80 Å². The minimum Gasteiger partial charge on any atom is -0.355 e. The van der Waals surface area contributed by atoms with E-state index in [1.807, 2.05) is 77.8 Å². The van der Waals surface area contributed by atoms with Crippen LogP contribution in [0, 0.1) is 5.92 Å². The van der Waals surface area contributed by atoms with Crippen molar-refractivity contribution in [1.29, 1.82) is 0 Å². The first-order chi connectivity index (χ1) is 16.3. The highest BCUT2D eigenvalue weighted by Crippen LogP contribution is 2.26. The van der Waals surface area contributed by atoms with Gasteiger partial charge in [-0.25, -0.2) is 9.67 Å². The molecule has 0 atom stereocenters. The molecule has 0 aliphatic carbocycles. The standard InChI is InChI=1S/C25H25N7O/c33-25(31(22-9-4-5-14-26-22)19-20-7-2-1-3-8-20)21-12-17-30(18-13-21)23-10-11-24(29-28-23)32-16-6-15-27-32/h1-11,14-16,21H,12-13,17-19H2. The number of benzene rings is 1. The summed E-state index contributed by atoms with van der Waals surface area (Å²) < 4.78 is 1.68. The van der Waals surface area contributed by atoms with E-state index >= 15 is 0 Å². The van der Waals surface area contributed by atoms with Gasteiger partial charge in [0.25, 0.3) is 0 Å². The summed E-state index contributed by atoms with van der Waals surface area (Å²) in [6.45, 7) is 2.03. The van der Waals surface area contributed by atoms with E-state index in [2.05, 4.69) is 25.2 Å². The lowest BCUT2D eigenvalue weighted by Crippen LogP contribution is -2.43. The second kappa shape index (κ2) is 9.60. The second-order valence-corrected chi connectivity index (χ2v) is 8.06. The zero-order chi connectivity index (χ0) is 22.5. The minimum atomic E-state index is -0.0525. The molecule has 1 aliphatic rings. The Balaban J connectivity index is 1.26. The number of anilines is 2. The largest absolute Gasteiger partial charge is 0.355 e. The number of amides is 1. The van der Waals surface area contributed by atoms with Crippen molar-refractivity contribution in [2.45, 2.75) is 19.4 Å². The average Bonchev–Trinajstić information content (AvgIpc) is 3.43. The molecule has 1 aromatic carbocycles. The van der Waals surface area contributed by atoms with Gasteiger partial charge in [0.15, 0.2) is 11.6 Å². The first kappa shape index (κ1) is 20.8. The molecular formula is C25H25N7O. The van der Waals surface area contributed by atoms with Gasteiger partial charge in [0, 0.05) is 37.6 Å². The van der Waals surface area contributed by atoms with Crippen molar-refractivity contribution in [1.82, 2.24) is 25.0 Å². The maximum Gasteiger partial charge on any atom is 0.231 e. The summed E-state index contributed by atoms with van der Waals surface area (Å²) in [6, 6.07) is 21.5. The Morgan fingerprint density at radius 3 is 2.30 bits per heavy atom. The van der Waals surface area contributed by atoms with E-state index < -0.39 is 0 Å². The maximum atomic E-state index is 13.6. The second-order valence-electron chi connectivity index (χ2n) is 8.06. The van der Waals surface area contributed by atoms with Gasteiger partial charge >= 0.3 is 0 Å². The van der Waals surface area contributed by atoms with E-state index in [0.29, 0.717) is 18.2 Å². The molecule has 1 fully saturated rings. The van der Waals surface area contributed by atoms with Crippen molar-refractivity contribution < 1.29 is 4.79 Å². The molecular weight excluding hydrogens is 414 g/mol. The van der Waals surface area contributed by atoms with E-state index in [1.165, 1.54) is 0 Å². The predicted molar refractivity (Wildman–Crippen MR) is 126 cm³/mol. The Kier molecular flexibility index (Phi) is 6.06. The fraction of sp³-hybridized carbons (Fsp3) is 0.240. The highest BCUT2D eigenvalue weighted by atomic mass is 16.2. The molecule has 33 heavy (non-hydrogen) atoms. The molecule has 166 valence electrons. The summed E-state index contributed by atoms with van der Waals surface area (Å²) in [4.78, 5) is 22.0. The molecule has 0 radical (unpaired) electrons. The molecule has 0 bridgehead atoms. The molecule has 1 amide bonds. The highest BCUT2D eigenvalue weighted by molar-refractivity contribution is 5.94. The maximum absolute atomic E-state index is 13.6. The van der Waals surface area contributed by atoms with Crippen LogP contribution in [-0.2, 0) is 11.3 Å². The van der Waals surface area contributed by atoms with Gasteiger partial charge in [-0.05, 0) is 48.7 Å². The van der Waals surface area contributed by atoms with Crippen molar-refractivity contribution in [3.63, 3.8) is 0 Å². The third-order valence-electron chi connectivity index (χ3n) is 5.92. The molecule has 0 saturated carbocycles. The van der Waals surface area contributed by atoms with E-state index in [4.69, 9.17) is 0 Å². The van der Waals surface area contributed by atoms with Crippen LogP contribution in [-0.4, -0.2) is 44.0 Å². The third kappa shape index (κ3) is 4.74. The topological polar surface area (TPSA) is 80.0 Å². The molecule has 5 rings (SSSR count). The highest BCUT2D eigenvalue weighted by Gasteiger charge is 2.30. The summed E-state index contributed by atoms with van der Waals surface area (Å²) in [5.74, 6) is 2.26. The number of carbonyl (C=O) groups is 1. The van der Waals surface area contributed by atoms with E-state index in [9.17, 15) is 4.79 Å². The lowest BCUT2D eigenvalue weighted by Gasteiger charge is -2.34. The Morgan fingerprint density at radius 1 is 0.879 bits per heavy atom. The molecule has 3 aromatic heterocycles. The molecule has 8 heteroatoms. The molecule has 1 aliphatic heterocycles. The molecule has 0 N–H and O–H groups in total. The van der Waals surface area contributed by atoms with Crippen molar-refractivity contribution in [3.05, 3.63) is 90.9 Å². The van der Waals surface area contributed by atoms with Crippen LogP contribution in [0.15, 0.2) is 85.3 Å². The van der Waals surface area contributed by atoms with Gasteiger partial charge in [-0.3, -0.25) is 9.69 Å². The molecule has 0 spiro atoms. The van der Waals surface area contributed by atoms with Gasteiger partial charge in [-0.15, -0.1) is 10.2 Å². The van der Waals surface area contributed by atoms with Crippen LogP contribution in [0.5, 0.6) is 0 Å². The lowest BCUT2D eigenvalue weighted by molar-refractivity contribution is -0.123. The van der Waals surface area contributed by atoms with Crippen molar-refractivity contribution >= 4 is 17.5 Å². The first-order valence-corrected chi connectivity index (χ1v) is 11.1. The number of nitrogens with zero attached hydrogens (tertiary/aromatic N) is 7. The fourth-order valence-electron chi connectivity index (χ4n) is 4.14. The van der Waals surface area contributed by atoms with Crippen LogP contribution in [0.3, 0.4) is 0 Å². The number of hydrogen-bond donors (Lipinski definition) is 0. The Bertz CT molecular complexity index is 1160. The number of rotatable bonds is 6. The fourth-order valence-corrected chi connectivity index (χ4v) is 4.14. The Hall–Kier alpha value is -4.07. The number of hydrogen-bond acceptors (Lipinski definition) is 6. The number of aromatic nitrogens is 5. The number of pyridine rings is 1. The zero-order valence-corrected chi connectivity index (χ0v) is 18.2. The monoisotopic (exact) mass is 439 g/mol. The molecule has 4 aromatic rings. The smallest absolute Gasteiger partial charge is 0.231 e. The van der Waals surface area contributed by atoms with Gasteiger partial charge in [0.1, 0.15) is 5.82 Å².